The summed E-state index contributed by atoms with van der Waals surface area (Å²) in [6.07, 6.45) is 2.34. The summed E-state index contributed by atoms with van der Waals surface area (Å²) in [6, 6.07) is 5.43. The number of rotatable bonds is 5. The fraction of sp³-hybridized carbons (Fsp3) is 0.409. The van der Waals surface area contributed by atoms with Gasteiger partial charge in [0.05, 0.1) is 22.9 Å². The molecule has 5 rings (SSSR count). The molecule has 10 heteroatoms. The maximum absolute atomic E-state index is 15.1. The van der Waals surface area contributed by atoms with Gasteiger partial charge in [0.2, 0.25) is 11.4 Å². The molecule has 0 spiro atoms. The lowest BCUT2D eigenvalue weighted by Crippen LogP contribution is -2.54. The lowest BCUT2D eigenvalue weighted by Gasteiger charge is -2.44. The number of carbonyl (C=O) groups excluding carboxylic acids is 1. The molecule has 0 unspecified atom stereocenters. The summed E-state index contributed by atoms with van der Waals surface area (Å²) in [7, 11) is 1.94. The number of hydrogen-bond acceptors (Lipinski definition) is 6. The molecule has 2 saturated heterocycles. The van der Waals surface area contributed by atoms with Gasteiger partial charge in [0.1, 0.15) is 18.6 Å². The number of thioether (sulfide) groups is 2. The molecule has 1 atom stereocenters. The van der Waals surface area contributed by atoms with Crippen molar-refractivity contribution < 1.29 is 23.7 Å². The van der Waals surface area contributed by atoms with Crippen molar-refractivity contribution in [1.82, 2.24) is 10.2 Å². The highest BCUT2D eigenvalue weighted by Gasteiger charge is 2.45. The minimum absolute atomic E-state index is 0.0588. The molecule has 0 bridgehead atoms. The minimum atomic E-state index is -1.06. The predicted octanol–water partition coefficient (Wildman–Crippen LogP) is 1.95. The third-order valence-corrected chi connectivity index (χ3v) is 8.59. The molecule has 0 radical (unpaired) electrons. The Hall–Kier alpha value is -2.30. The molecule has 4 heterocycles. The number of hydrogen-bond donors (Lipinski definition) is 2. The number of anilines is 1. The molecule has 2 fully saturated rings. The van der Waals surface area contributed by atoms with Crippen LogP contribution >= 0.6 is 23.5 Å². The maximum atomic E-state index is 15.1. The predicted molar refractivity (Wildman–Crippen MR) is 123 cm³/mol. The van der Waals surface area contributed by atoms with Gasteiger partial charge in [-0.25, -0.2) is 13.8 Å². The summed E-state index contributed by atoms with van der Waals surface area (Å²) in [6.45, 7) is 3.19. The van der Waals surface area contributed by atoms with Crippen LogP contribution in [-0.4, -0.2) is 64.9 Å². The van der Waals surface area contributed by atoms with E-state index in [1.165, 1.54) is 16.7 Å². The molecule has 1 aromatic carbocycles. The quantitative estimate of drug-likeness (QED) is 0.389. The number of amides is 1. The summed E-state index contributed by atoms with van der Waals surface area (Å²) < 4.78 is 17.1. The number of fused-ring (bicyclic) bond motifs is 2. The van der Waals surface area contributed by atoms with E-state index < -0.39 is 5.97 Å². The molecule has 0 saturated carbocycles. The SMILES string of the molecule is C[n+]1ccc(SCC2=C(C(=O)O)N3C(=O)C[C@@H]3SC2)c2cc(F)c(N3CCNCC3)cc21. The number of aryl methyl sites for hydroxylation is 1. The molecular weight excluding hydrogens is 451 g/mol. The van der Waals surface area contributed by atoms with Crippen LogP contribution in [0, 0.1) is 5.82 Å². The van der Waals surface area contributed by atoms with E-state index in [1.54, 1.807) is 17.8 Å². The van der Waals surface area contributed by atoms with E-state index in [2.05, 4.69) is 10.2 Å². The second kappa shape index (κ2) is 8.57. The van der Waals surface area contributed by atoms with Gasteiger partial charge in [0, 0.05) is 54.7 Å². The second-order valence-electron chi connectivity index (χ2n) is 8.13. The van der Waals surface area contributed by atoms with Crippen molar-refractivity contribution in [1.29, 1.82) is 0 Å². The van der Waals surface area contributed by atoms with Crippen LogP contribution in [0.15, 0.2) is 40.6 Å². The van der Waals surface area contributed by atoms with Crippen molar-refractivity contribution in [3.63, 3.8) is 0 Å². The van der Waals surface area contributed by atoms with E-state index in [4.69, 9.17) is 0 Å². The average molecular weight is 476 g/mol. The highest BCUT2D eigenvalue weighted by atomic mass is 32.2. The van der Waals surface area contributed by atoms with Crippen LogP contribution in [0.1, 0.15) is 6.42 Å². The number of nitrogens with zero attached hydrogens (tertiary/aromatic N) is 3. The van der Waals surface area contributed by atoms with Gasteiger partial charge in [-0.1, -0.05) is 0 Å². The number of halogens is 1. The molecule has 7 nitrogen and oxygen atoms in total. The number of pyridine rings is 1. The van der Waals surface area contributed by atoms with Gasteiger partial charge in [-0.2, -0.15) is 0 Å². The number of aromatic nitrogens is 1. The van der Waals surface area contributed by atoms with Crippen LogP contribution in [0.5, 0.6) is 0 Å². The fourth-order valence-electron chi connectivity index (χ4n) is 4.42. The molecule has 168 valence electrons. The Morgan fingerprint density at radius 3 is 2.88 bits per heavy atom. The maximum Gasteiger partial charge on any atom is 0.352 e. The van der Waals surface area contributed by atoms with Gasteiger partial charge >= 0.3 is 5.97 Å². The Balaban J connectivity index is 1.46. The van der Waals surface area contributed by atoms with Crippen LogP contribution in [0.2, 0.25) is 0 Å². The van der Waals surface area contributed by atoms with Crippen molar-refractivity contribution >= 4 is 52.0 Å². The van der Waals surface area contributed by atoms with Crippen LogP contribution in [0.3, 0.4) is 0 Å². The summed E-state index contributed by atoms with van der Waals surface area (Å²) in [5.41, 5.74) is 2.39. The van der Waals surface area contributed by atoms with E-state index in [0.717, 1.165) is 47.6 Å². The Morgan fingerprint density at radius 2 is 2.16 bits per heavy atom. The van der Waals surface area contributed by atoms with Crippen molar-refractivity contribution in [2.24, 2.45) is 7.05 Å². The molecule has 32 heavy (non-hydrogen) atoms. The first kappa shape index (κ1) is 21.5. The monoisotopic (exact) mass is 475 g/mol. The van der Waals surface area contributed by atoms with Crippen LogP contribution in [-0.2, 0) is 16.6 Å². The minimum Gasteiger partial charge on any atom is -0.477 e. The van der Waals surface area contributed by atoms with Gasteiger partial charge in [-0.3, -0.25) is 9.69 Å². The van der Waals surface area contributed by atoms with E-state index in [-0.39, 0.29) is 22.8 Å². The molecule has 2 N–H and O–H groups in total. The third-order valence-electron chi connectivity index (χ3n) is 6.15. The van der Waals surface area contributed by atoms with Crippen LogP contribution in [0.25, 0.3) is 10.9 Å². The first-order valence-electron chi connectivity index (χ1n) is 10.5. The summed E-state index contributed by atoms with van der Waals surface area (Å²) in [4.78, 5) is 28.2. The molecule has 3 aliphatic heterocycles. The lowest BCUT2D eigenvalue weighted by atomic mass is 10.1. The Morgan fingerprint density at radius 1 is 1.38 bits per heavy atom. The molecular formula is C22H24FN4O3S2+. The zero-order chi connectivity index (χ0) is 22.4. The molecule has 3 aliphatic rings. The highest BCUT2D eigenvalue weighted by molar-refractivity contribution is 8.01. The molecule has 1 aromatic heterocycles. The number of carboxylic acid groups (broad SMARTS) is 1. The van der Waals surface area contributed by atoms with Gasteiger partial charge < -0.3 is 15.3 Å². The Bertz CT molecular complexity index is 1150. The largest absolute Gasteiger partial charge is 0.477 e. The smallest absolute Gasteiger partial charge is 0.352 e. The van der Waals surface area contributed by atoms with E-state index >= 15 is 4.39 Å². The molecule has 2 aromatic rings. The Kier molecular flexibility index (Phi) is 5.77. The van der Waals surface area contributed by atoms with Crippen molar-refractivity contribution in [3.8, 4) is 0 Å². The van der Waals surface area contributed by atoms with Crippen molar-refractivity contribution in [3.05, 3.63) is 41.5 Å². The summed E-state index contributed by atoms with van der Waals surface area (Å²) >= 11 is 3.09. The molecule has 0 aliphatic carbocycles. The number of benzene rings is 1. The zero-order valence-corrected chi connectivity index (χ0v) is 19.3. The fourth-order valence-corrected chi connectivity index (χ4v) is 6.86. The molecule has 1 amide bonds. The highest BCUT2D eigenvalue weighted by Crippen LogP contribution is 2.41. The first-order valence-corrected chi connectivity index (χ1v) is 12.6. The van der Waals surface area contributed by atoms with Gasteiger partial charge in [0.25, 0.3) is 0 Å². The van der Waals surface area contributed by atoms with Gasteiger partial charge in [-0.05, 0) is 11.6 Å². The summed E-state index contributed by atoms with van der Waals surface area (Å²) in [5, 5.41) is 13.7. The zero-order valence-electron chi connectivity index (χ0n) is 17.6. The van der Waals surface area contributed by atoms with Gasteiger partial charge in [0.15, 0.2) is 6.20 Å². The standard InChI is InChI=1S/C22H23FN4O3S2/c1-25-5-2-18(14-8-15(23)17(9-16(14)25)26-6-3-24-4-7-26)31-11-13-12-32-20-10-19(28)27(20)21(13)22(29)30/h2,5,8-9,20,24H,3-4,6-7,10-12H2,1H3/p+1/t20-/m0/s1. The van der Waals surface area contributed by atoms with E-state index in [0.29, 0.717) is 23.6 Å². The second-order valence-corrected chi connectivity index (χ2v) is 10.3. The third kappa shape index (κ3) is 3.74. The van der Waals surface area contributed by atoms with Gasteiger partial charge in [-0.15, -0.1) is 23.5 Å². The van der Waals surface area contributed by atoms with E-state index in [1.807, 2.05) is 29.9 Å². The topological polar surface area (TPSA) is 76.8 Å². The number of piperazine rings is 1. The van der Waals surface area contributed by atoms with Crippen LogP contribution in [0.4, 0.5) is 10.1 Å². The van der Waals surface area contributed by atoms with Crippen LogP contribution < -0.4 is 14.8 Å². The van der Waals surface area contributed by atoms with Crippen molar-refractivity contribution in [2.75, 3.05) is 42.6 Å². The lowest BCUT2D eigenvalue weighted by molar-refractivity contribution is -0.645. The number of carbonyl (C=O) groups is 2. The summed E-state index contributed by atoms with van der Waals surface area (Å²) in [5.74, 6) is -0.421. The van der Waals surface area contributed by atoms with E-state index in [9.17, 15) is 14.7 Å². The average Bonchev–Trinajstić information content (AvgIpc) is 2.78. The Labute approximate surface area is 193 Å². The number of β-lactam (4-membered cyclic amide) rings is 1. The number of nitrogens with one attached hydrogen (secondary N) is 1. The normalized spacial score (nSPS) is 21.1. The van der Waals surface area contributed by atoms with Crippen molar-refractivity contribution in [2.45, 2.75) is 16.7 Å². The number of carboxylic acids is 1. The first-order chi connectivity index (χ1) is 15.4. The number of aliphatic carboxylic acids is 1.